The number of ether oxygens (including phenoxy) is 1. The van der Waals surface area contributed by atoms with Crippen LogP contribution in [0.25, 0.3) is 0 Å². The molecule has 0 atom stereocenters. The summed E-state index contributed by atoms with van der Waals surface area (Å²) in [5.74, 6) is 0.661. The summed E-state index contributed by atoms with van der Waals surface area (Å²) in [6.45, 7) is 3.31. The highest BCUT2D eigenvalue weighted by Gasteiger charge is 2.20. The van der Waals surface area contributed by atoms with Crippen LogP contribution in [-0.2, 0) is 11.3 Å². The average molecular weight is 345 g/mol. The van der Waals surface area contributed by atoms with Gasteiger partial charge >= 0.3 is 6.03 Å². The molecule has 0 radical (unpaired) electrons. The molecule has 0 fully saturated rings. The number of carbonyl (C=O) groups excluding carboxylic acids is 2. The number of hydrogen-bond donors (Lipinski definition) is 2. The van der Waals surface area contributed by atoms with Gasteiger partial charge in [0.25, 0.3) is 5.91 Å². The van der Waals surface area contributed by atoms with E-state index in [-0.39, 0.29) is 18.5 Å². The monoisotopic (exact) mass is 345 g/mol. The number of rotatable bonds is 4. The van der Waals surface area contributed by atoms with Crippen LogP contribution in [0.15, 0.2) is 35.7 Å². The van der Waals surface area contributed by atoms with E-state index in [1.807, 2.05) is 42.6 Å². The molecule has 1 aliphatic rings. The Labute approximate surface area is 144 Å². The van der Waals surface area contributed by atoms with Crippen LogP contribution in [0.1, 0.15) is 10.4 Å². The van der Waals surface area contributed by atoms with E-state index >= 15 is 0 Å². The second kappa shape index (κ2) is 7.35. The van der Waals surface area contributed by atoms with Crippen molar-refractivity contribution in [2.24, 2.45) is 0 Å². The Bertz CT molecular complexity index is 744. The standard InChI is InChI=1S/C17H19N3O3S/c1-12-8-14(11-24-12)19-17(22)18-6-7-20-9-13-4-2-3-5-15(13)23-10-16(20)21/h2-5,8,11H,6-7,9-10H2,1H3,(H2,18,19,22). The van der Waals surface area contributed by atoms with E-state index in [2.05, 4.69) is 10.6 Å². The molecule has 1 aromatic carbocycles. The summed E-state index contributed by atoms with van der Waals surface area (Å²) in [6.07, 6.45) is 0. The van der Waals surface area contributed by atoms with Gasteiger partial charge in [-0.2, -0.15) is 0 Å². The normalized spacial score (nSPS) is 13.7. The first-order chi connectivity index (χ1) is 11.6. The van der Waals surface area contributed by atoms with Crippen LogP contribution in [0.2, 0.25) is 0 Å². The van der Waals surface area contributed by atoms with E-state index in [9.17, 15) is 9.59 Å². The number of nitrogens with one attached hydrogen (secondary N) is 2. The number of carbonyl (C=O) groups is 2. The van der Waals surface area contributed by atoms with E-state index in [4.69, 9.17) is 4.74 Å². The maximum atomic E-state index is 12.1. The van der Waals surface area contributed by atoms with Crippen molar-refractivity contribution in [2.75, 3.05) is 25.0 Å². The molecule has 0 aliphatic carbocycles. The van der Waals surface area contributed by atoms with E-state index in [0.29, 0.717) is 19.6 Å². The van der Waals surface area contributed by atoms with Gasteiger partial charge in [0.05, 0.1) is 5.69 Å². The molecule has 2 aromatic rings. The first kappa shape index (κ1) is 16.3. The molecule has 2 N–H and O–H groups in total. The van der Waals surface area contributed by atoms with Crippen LogP contribution in [0.3, 0.4) is 0 Å². The summed E-state index contributed by atoms with van der Waals surface area (Å²) in [5.41, 5.74) is 1.75. The van der Waals surface area contributed by atoms with Gasteiger partial charge in [-0.05, 0) is 19.1 Å². The first-order valence-electron chi connectivity index (χ1n) is 7.70. The third-order valence-electron chi connectivity index (χ3n) is 3.69. The number of thiophene rings is 1. The fourth-order valence-corrected chi connectivity index (χ4v) is 3.13. The molecule has 0 spiro atoms. The second-order valence-corrected chi connectivity index (χ2v) is 6.65. The van der Waals surface area contributed by atoms with Crippen LogP contribution >= 0.6 is 11.3 Å². The summed E-state index contributed by atoms with van der Waals surface area (Å²) in [4.78, 5) is 26.8. The van der Waals surface area contributed by atoms with Crippen LogP contribution in [0.5, 0.6) is 5.75 Å². The van der Waals surface area contributed by atoms with Crippen molar-refractivity contribution in [2.45, 2.75) is 13.5 Å². The molecular weight excluding hydrogens is 326 g/mol. The number of fused-ring (bicyclic) bond motifs is 1. The Hall–Kier alpha value is -2.54. The van der Waals surface area contributed by atoms with Crippen LogP contribution in [0, 0.1) is 6.92 Å². The number of para-hydroxylation sites is 1. The summed E-state index contributed by atoms with van der Waals surface area (Å²) in [5, 5.41) is 7.43. The SMILES string of the molecule is Cc1cc(NC(=O)NCCN2Cc3ccccc3OCC2=O)cs1. The van der Waals surface area contributed by atoms with Crippen molar-refractivity contribution >= 4 is 29.0 Å². The van der Waals surface area contributed by atoms with Crippen molar-refractivity contribution in [1.29, 1.82) is 0 Å². The lowest BCUT2D eigenvalue weighted by molar-refractivity contribution is -0.133. The van der Waals surface area contributed by atoms with Crippen molar-refractivity contribution in [3.63, 3.8) is 0 Å². The lowest BCUT2D eigenvalue weighted by atomic mass is 10.2. The highest BCUT2D eigenvalue weighted by atomic mass is 32.1. The molecular formula is C17H19N3O3S. The molecule has 126 valence electrons. The number of aryl methyl sites for hydroxylation is 1. The van der Waals surface area contributed by atoms with Crippen molar-refractivity contribution in [3.05, 3.63) is 46.2 Å². The minimum absolute atomic E-state index is 0.0252. The molecule has 2 heterocycles. The van der Waals surface area contributed by atoms with Gasteiger partial charge in [-0.25, -0.2) is 4.79 Å². The van der Waals surface area contributed by atoms with E-state index < -0.39 is 0 Å². The Balaban J connectivity index is 1.50. The predicted octanol–water partition coefficient (Wildman–Crippen LogP) is 2.60. The molecule has 7 heteroatoms. The van der Waals surface area contributed by atoms with Crippen LogP contribution in [-0.4, -0.2) is 36.5 Å². The predicted molar refractivity (Wildman–Crippen MR) is 93.4 cm³/mol. The molecule has 0 bridgehead atoms. The fraction of sp³-hybridized carbons (Fsp3) is 0.294. The molecule has 24 heavy (non-hydrogen) atoms. The molecule has 3 rings (SSSR count). The third-order valence-corrected chi connectivity index (χ3v) is 4.55. The zero-order chi connectivity index (χ0) is 16.9. The lowest BCUT2D eigenvalue weighted by Crippen LogP contribution is -2.40. The molecule has 6 nitrogen and oxygen atoms in total. The highest BCUT2D eigenvalue weighted by molar-refractivity contribution is 7.10. The Kier molecular flexibility index (Phi) is 5.00. The summed E-state index contributed by atoms with van der Waals surface area (Å²) >= 11 is 1.58. The minimum Gasteiger partial charge on any atom is -0.483 e. The minimum atomic E-state index is -0.272. The highest BCUT2D eigenvalue weighted by Crippen LogP contribution is 2.22. The molecule has 1 aliphatic heterocycles. The third kappa shape index (κ3) is 4.05. The first-order valence-corrected chi connectivity index (χ1v) is 8.58. The average Bonchev–Trinajstić information content (AvgIpc) is 2.89. The maximum absolute atomic E-state index is 12.1. The van der Waals surface area contributed by atoms with Crippen molar-refractivity contribution in [3.8, 4) is 5.75 Å². The molecule has 3 amide bonds. The van der Waals surface area contributed by atoms with E-state index in [0.717, 1.165) is 21.9 Å². The van der Waals surface area contributed by atoms with Crippen molar-refractivity contribution in [1.82, 2.24) is 10.2 Å². The van der Waals surface area contributed by atoms with Gasteiger partial charge in [0.15, 0.2) is 6.61 Å². The smallest absolute Gasteiger partial charge is 0.319 e. The Morgan fingerprint density at radius 1 is 1.38 bits per heavy atom. The maximum Gasteiger partial charge on any atom is 0.319 e. The number of amides is 3. The van der Waals surface area contributed by atoms with Gasteiger partial charge in [-0.3, -0.25) is 4.79 Å². The summed E-state index contributed by atoms with van der Waals surface area (Å²) in [7, 11) is 0. The van der Waals surface area contributed by atoms with Gasteiger partial charge < -0.3 is 20.3 Å². The van der Waals surface area contributed by atoms with Crippen LogP contribution < -0.4 is 15.4 Å². The Morgan fingerprint density at radius 2 is 2.21 bits per heavy atom. The zero-order valence-electron chi connectivity index (χ0n) is 13.4. The number of nitrogens with zero attached hydrogens (tertiary/aromatic N) is 1. The fourth-order valence-electron chi connectivity index (χ4n) is 2.49. The molecule has 1 aromatic heterocycles. The largest absolute Gasteiger partial charge is 0.483 e. The zero-order valence-corrected chi connectivity index (χ0v) is 14.2. The number of hydrogen-bond acceptors (Lipinski definition) is 4. The van der Waals surface area contributed by atoms with Gasteiger partial charge in [0.2, 0.25) is 0 Å². The van der Waals surface area contributed by atoms with Gasteiger partial charge in [0, 0.05) is 35.5 Å². The topological polar surface area (TPSA) is 70.7 Å². The van der Waals surface area contributed by atoms with Crippen molar-refractivity contribution < 1.29 is 14.3 Å². The van der Waals surface area contributed by atoms with Crippen LogP contribution in [0.4, 0.5) is 10.5 Å². The van der Waals surface area contributed by atoms with Gasteiger partial charge in [-0.15, -0.1) is 11.3 Å². The molecule has 0 saturated heterocycles. The number of benzene rings is 1. The lowest BCUT2D eigenvalue weighted by Gasteiger charge is -2.20. The summed E-state index contributed by atoms with van der Waals surface area (Å²) in [6, 6.07) is 9.26. The molecule has 0 saturated carbocycles. The second-order valence-electron chi connectivity index (χ2n) is 5.54. The van der Waals surface area contributed by atoms with E-state index in [1.165, 1.54) is 0 Å². The Morgan fingerprint density at radius 3 is 3.00 bits per heavy atom. The van der Waals surface area contributed by atoms with Gasteiger partial charge in [-0.1, -0.05) is 18.2 Å². The van der Waals surface area contributed by atoms with E-state index in [1.54, 1.807) is 16.2 Å². The summed E-state index contributed by atoms with van der Waals surface area (Å²) < 4.78 is 5.51. The molecule has 0 unspecified atom stereocenters. The quantitative estimate of drug-likeness (QED) is 0.895. The van der Waals surface area contributed by atoms with Gasteiger partial charge in [0.1, 0.15) is 5.75 Å². The number of urea groups is 1. The number of anilines is 1.